The number of hydrogen-bond acceptors (Lipinski definition) is 4. The summed E-state index contributed by atoms with van der Waals surface area (Å²) in [6.45, 7) is 2.61. The minimum absolute atomic E-state index is 0.0642. The summed E-state index contributed by atoms with van der Waals surface area (Å²) < 4.78 is 0. The second-order valence-electron chi connectivity index (χ2n) is 5.37. The van der Waals surface area contributed by atoms with E-state index >= 15 is 0 Å². The van der Waals surface area contributed by atoms with Gasteiger partial charge in [-0.3, -0.25) is 14.5 Å². The number of hydrogen-bond donors (Lipinski definition) is 2. The number of anilines is 2. The van der Waals surface area contributed by atoms with Crippen LogP contribution in [0.3, 0.4) is 0 Å². The highest BCUT2D eigenvalue weighted by Gasteiger charge is 2.19. The molecular formula is C15H22N4O2. The number of likely N-dealkylation sites (N-methyl/N-ethyl adjacent to an activating group) is 1. The summed E-state index contributed by atoms with van der Waals surface area (Å²) in [5, 5.41) is 2.82. The maximum absolute atomic E-state index is 11.9. The second kappa shape index (κ2) is 7.08. The van der Waals surface area contributed by atoms with Crippen LogP contribution in [0.5, 0.6) is 0 Å². The molecule has 1 saturated heterocycles. The molecule has 114 valence electrons. The van der Waals surface area contributed by atoms with Gasteiger partial charge in [-0.2, -0.15) is 0 Å². The number of benzene rings is 1. The molecule has 1 fully saturated rings. The van der Waals surface area contributed by atoms with Crippen LogP contribution in [-0.4, -0.2) is 54.8 Å². The molecule has 0 radical (unpaired) electrons. The van der Waals surface area contributed by atoms with E-state index in [1.165, 1.54) is 0 Å². The Bertz CT molecular complexity index is 518. The van der Waals surface area contributed by atoms with Crippen molar-refractivity contribution in [2.24, 2.45) is 0 Å². The van der Waals surface area contributed by atoms with E-state index < -0.39 is 0 Å². The van der Waals surface area contributed by atoms with Crippen molar-refractivity contribution >= 4 is 23.2 Å². The van der Waals surface area contributed by atoms with Crippen molar-refractivity contribution < 1.29 is 9.59 Å². The zero-order chi connectivity index (χ0) is 15.2. The summed E-state index contributed by atoms with van der Waals surface area (Å²) in [5.74, 6) is 0.0504. The molecule has 21 heavy (non-hydrogen) atoms. The summed E-state index contributed by atoms with van der Waals surface area (Å²) in [6.07, 6.45) is 1.31. The van der Waals surface area contributed by atoms with Gasteiger partial charge >= 0.3 is 0 Å². The monoisotopic (exact) mass is 290 g/mol. The predicted molar refractivity (Wildman–Crippen MR) is 82.8 cm³/mol. The summed E-state index contributed by atoms with van der Waals surface area (Å²) in [5.41, 5.74) is 6.99. The highest BCUT2D eigenvalue weighted by atomic mass is 16.2. The van der Waals surface area contributed by atoms with E-state index in [9.17, 15) is 9.59 Å². The second-order valence-corrected chi connectivity index (χ2v) is 5.37. The first-order valence-corrected chi connectivity index (χ1v) is 7.16. The Balaban J connectivity index is 1.79. The lowest BCUT2D eigenvalue weighted by Gasteiger charge is -2.18. The van der Waals surface area contributed by atoms with Gasteiger partial charge in [0.15, 0.2) is 0 Å². The Morgan fingerprint density at radius 2 is 2.19 bits per heavy atom. The van der Waals surface area contributed by atoms with Crippen LogP contribution in [0.15, 0.2) is 24.3 Å². The molecule has 1 aromatic carbocycles. The van der Waals surface area contributed by atoms with Gasteiger partial charge in [-0.1, -0.05) is 6.07 Å². The number of nitrogens with one attached hydrogen (secondary N) is 1. The average Bonchev–Trinajstić information content (AvgIpc) is 2.59. The Labute approximate surface area is 124 Å². The van der Waals surface area contributed by atoms with Crippen LogP contribution >= 0.6 is 0 Å². The molecule has 1 aromatic rings. The van der Waals surface area contributed by atoms with Gasteiger partial charge in [-0.15, -0.1) is 0 Å². The third-order valence-corrected chi connectivity index (χ3v) is 3.58. The Kier molecular flexibility index (Phi) is 5.16. The van der Waals surface area contributed by atoms with E-state index in [0.717, 1.165) is 19.5 Å². The first-order chi connectivity index (χ1) is 10.0. The van der Waals surface area contributed by atoms with Crippen molar-refractivity contribution in [2.45, 2.75) is 12.8 Å². The number of nitrogen functional groups attached to an aromatic ring is 1. The van der Waals surface area contributed by atoms with Crippen molar-refractivity contribution in [1.29, 1.82) is 0 Å². The maximum Gasteiger partial charge on any atom is 0.236 e. The molecule has 0 unspecified atom stereocenters. The van der Waals surface area contributed by atoms with Gasteiger partial charge in [-0.05, 0) is 24.6 Å². The lowest BCUT2D eigenvalue weighted by Crippen LogP contribution is -2.35. The molecule has 1 aliphatic heterocycles. The van der Waals surface area contributed by atoms with Crippen LogP contribution < -0.4 is 11.1 Å². The van der Waals surface area contributed by atoms with Crippen LogP contribution in [0, 0.1) is 0 Å². The van der Waals surface area contributed by atoms with Crippen LogP contribution in [0.2, 0.25) is 0 Å². The standard InChI is InChI=1S/C15H22N4O2/c1-18-7-3-8-19(11-15(18)21)9-6-14(20)17-13-5-2-4-12(16)10-13/h2,4-5,10H,3,6-9,11,16H2,1H3,(H,17,20). The predicted octanol–water partition coefficient (Wildman–Crippen LogP) is 0.761. The van der Waals surface area contributed by atoms with Crippen molar-refractivity contribution in [1.82, 2.24) is 9.80 Å². The summed E-state index contributed by atoms with van der Waals surface area (Å²) in [6, 6.07) is 7.10. The van der Waals surface area contributed by atoms with Crippen LogP contribution in [0.1, 0.15) is 12.8 Å². The molecule has 6 nitrogen and oxygen atoms in total. The Morgan fingerprint density at radius 3 is 2.95 bits per heavy atom. The summed E-state index contributed by atoms with van der Waals surface area (Å²) in [7, 11) is 1.82. The molecule has 0 bridgehead atoms. The number of carbonyl (C=O) groups excluding carboxylic acids is 2. The number of rotatable bonds is 4. The zero-order valence-electron chi connectivity index (χ0n) is 12.3. The lowest BCUT2D eigenvalue weighted by molar-refractivity contribution is -0.130. The molecule has 0 spiro atoms. The number of carbonyl (C=O) groups is 2. The molecule has 2 amide bonds. The van der Waals surface area contributed by atoms with Gasteiger partial charge in [0.1, 0.15) is 0 Å². The average molecular weight is 290 g/mol. The normalized spacial score (nSPS) is 16.6. The summed E-state index contributed by atoms with van der Waals surface area (Å²) in [4.78, 5) is 27.5. The van der Waals surface area contributed by atoms with E-state index in [2.05, 4.69) is 5.32 Å². The van der Waals surface area contributed by atoms with Crippen molar-refractivity contribution in [2.75, 3.05) is 44.3 Å². The first-order valence-electron chi connectivity index (χ1n) is 7.16. The minimum atomic E-state index is -0.0642. The first kappa shape index (κ1) is 15.3. The third kappa shape index (κ3) is 4.75. The van der Waals surface area contributed by atoms with E-state index in [1.807, 2.05) is 11.9 Å². The maximum atomic E-state index is 11.9. The van der Waals surface area contributed by atoms with E-state index in [0.29, 0.717) is 30.9 Å². The largest absolute Gasteiger partial charge is 0.399 e. The van der Waals surface area contributed by atoms with Crippen molar-refractivity contribution in [3.8, 4) is 0 Å². The van der Waals surface area contributed by atoms with Gasteiger partial charge in [0.05, 0.1) is 6.54 Å². The van der Waals surface area contributed by atoms with Gasteiger partial charge in [0, 0.05) is 44.5 Å². The molecule has 6 heteroatoms. The molecule has 3 N–H and O–H groups in total. The van der Waals surface area contributed by atoms with Crippen LogP contribution in [0.25, 0.3) is 0 Å². The van der Waals surface area contributed by atoms with Gasteiger partial charge in [0.25, 0.3) is 0 Å². The SMILES string of the molecule is CN1CCCN(CCC(=O)Nc2cccc(N)c2)CC1=O. The minimum Gasteiger partial charge on any atom is -0.399 e. The van der Waals surface area contributed by atoms with E-state index in [4.69, 9.17) is 5.73 Å². The topological polar surface area (TPSA) is 78.7 Å². The highest BCUT2D eigenvalue weighted by molar-refractivity contribution is 5.91. The fourth-order valence-electron chi connectivity index (χ4n) is 2.34. The number of nitrogens with two attached hydrogens (primary N) is 1. The number of nitrogens with zero attached hydrogens (tertiary/aromatic N) is 2. The Hall–Kier alpha value is -2.08. The van der Waals surface area contributed by atoms with Gasteiger partial charge < -0.3 is 16.0 Å². The van der Waals surface area contributed by atoms with Crippen molar-refractivity contribution in [3.05, 3.63) is 24.3 Å². The molecule has 0 aromatic heterocycles. The molecular weight excluding hydrogens is 268 g/mol. The third-order valence-electron chi connectivity index (χ3n) is 3.58. The fourth-order valence-corrected chi connectivity index (χ4v) is 2.34. The smallest absolute Gasteiger partial charge is 0.236 e. The van der Waals surface area contributed by atoms with Crippen molar-refractivity contribution in [3.63, 3.8) is 0 Å². The quantitative estimate of drug-likeness (QED) is 0.803. The molecule has 0 atom stereocenters. The zero-order valence-corrected chi connectivity index (χ0v) is 12.3. The number of amides is 2. The van der Waals surface area contributed by atoms with Crippen LogP contribution in [-0.2, 0) is 9.59 Å². The molecule has 2 rings (SSSR count). The van der Waals surface area contributed by atoms with Gasteiger partial charge in [0.2, 0.25) is 11.8 Å². The molecule has 0 saturated carbocycles. The van der Waals surface area contributed by atoms with Crippen LogP contribution in [0.4, 0.5) is 11.4 Å². The molecule has 1 aliphatic rings. The molecule has 1 heterocycles. The van der Waals surface area contributed by atoms with E-state index in [-0.39, 0.29) is 11.8 Å². The van der Waals surface area contributed by atoms with Gasteiger partial charge in [-0.25, -0.2) is 0 Å². The lowest BCUT2D eigenvalue weighted by atomic mass is 10.2. The highest BCUT2D eigenvalue weighted by Crippen LogP contribution is 2.12. The fraction of sp³-hybridized carbons (Fsp3) is 0.467. The Morgan fingerprint density at radius 1 is 1.38 bits per heavy atom. The van der Waals surface area contributed by atoms with E-state index in [1.54, 1.807) is 29.2 Å². The molecule has 0 aliphatic carbocycles. The summed E-state index contributed by atoms with van der Waals surface area (Å²) >= 11 is 0.